The molecule has 4 N–H and O–H groups in total. The van der Waals surface area contributed by atoms with Gasteiger partial charge in [-0.3, -0.25) is 19.1 Å². The number of allylic oxidation sites excluding steroid dienone is 1. The lowest BCUT2D eigenvalue weighted by molar-refractivity contribution is -0.141. The van der Waals surface area contributed by atoms with Gasteiger partial charge in [-0.15, -0.1) is 0 Å². The first-order valence-corrected chi connectivity index (χ1v) is 19.3. The van der Waals surface area contributed by atoms with Gasteiger partial charge in [0, 0.05) is 32.0 Å². The number of rotatable bonds is 5. The highest BCUT2D eigenvalue weighted by atomic mass is 32.2. The van der Waals surface area contributed by atoms with Gasteiger partial charge < -0.3 is 35.2 Å². The van der Waals surface area contributed by atoms with E-state index in [-0.39, 0.29) is 25.9 Å². The van der Waals surface area contributed by atoms with Crippen molar-refractivity contribution < 1.29 is 41.9 Å². The van der Waals surface area contributed by atoms with Gasteiger partial charge in [-0.25, -0.2) is 18.0 Å². The average molecular weight is 729 g/mol. The average Bonchev–Trinajstić information content (AvgIpc) is 3.99. The van der Waals surface area contributed by atoms with Gasteiger partial charge >= 0.3 is 12.2 Å². The Bertz CT molecular complexity index is 1690. The van der Waals surface area contributed by atoms with Gasteiger partial charge in [0.25, 0.3) is 5.91 Å². The Labute approximate surface area is 298 Å². The maximum Gasteiger partial charge on any atom is 0.410 e. The molecular formula is C35H48N6O9S. The van der Waals surface area contributed by atoms with Crippen molar-refractivity contribution in [1.82, 2.24) is 30.5 Å². The number of fused-ring (bicyclic) bond motifs is 3. The largest absolute Gasteiger partial charge is 0.444 e. The summed E-state index contributed by atoms with van der Waals surface area (Å²) in [6, 6.07) is 5.51. The molecule has 5 atom stereocenters. The summed E-state index contributed by atoms with van der Waals surface area (Å²) in [4.78, 5) is 71.2. The highest BCUT2D eigenvalue weighted by Gasteiger charge is 2.62. The summed E-state index contributed by atoms with van der Waals surface area (Å²) in [5.41, 5.74) is -0.200. The number of nitrogens with one attached hydrogen (secondary N) is 4. The quantitative estimate of drug-likeness (QED) is 0.323. The molecule has 3 heterocycles. The van der Waals surface area contributed by atoms with Crippen molar-refractivity contribution in [2.75, 3.05) is 26.2 Å². The summed E-state index contributed by atoms with van der Waals surface area (Å²) in [7, 11) is -3.90. The molecule has 0 aromatic heterocycles. The van der Waals surface area contributed by atoms with E-state index in [1.807, 2.05) is 36.4 Å². The molecule has 5 amide bonds. The maximum atomic E-state index is 14.3. The van der Waals surface area contributed by atoms with E-state index in [2.05, 4.69) is 20.7 Å². The number of ether oxygens (including phenoxy) is 2. The second-order valence-electron chi connectivity index (χ2n) is 15.1. The molecule has 278 valence electrons. The van der Waals surface area contributed by atoms with Crippen molar-refractivity contribution in [3.8, 4) is 0 Å². The van der Waals surface area contributed by atoms with Crippen molar-refractivity contribution in [2.24, 2.45) is 5.92 Å². The monoisotopic (exact) mass is 728 g/mol. The Kier molecular flexibility index (Phi) is 10.4. The third kappa shape index (κ3) is 8.66. The Morgan fingerprint density at radius 2 is 1.82 bits per heavy atom. The van der Waals surface area contributed by atoms with Crippen LogP contribution >= 0.6 is 0 Å². The van der Waals surface area contributed by atoms with Gasteiger partial charge in [0.2, 0.25) is 21.8 Å². The predicted molar refractivity (Wildman–Crippen MR) is 184 cm³/mol. The molecule has 0 radical (unpaired) electrons. The number of carbonyl (C=O) groups is 5. The Balaban J connectivity index is 1.25. The van der Waals surface area contributed by atoms with Crippen molar-refractivity contribution in [1.29, 1.82) is 0 Å². The van der Waals surface area contributed by atoms with Gasteiger partial charge in [-0.1, -0.05) is 36.4 Å². The third-order valence-electron chi connectivity index (χ3n) is 9.90. The molecule has 15 nitrogen and oxygen atoms in total. The van der Waals surface area contributed by atoms with E-state index in [0.29, 0.717) is 51.7 Å². The van der Waals surface area contributed by atoms with Crippen molar-refractivity contribution >= 4 is 39.9 Å². The lowest BCUT2D eigenvalue weighted by Gasteiger charge is -2.30. The standard InChI is InChI=1S/C35H48N6O9S/c1-34(2,3)50-32(45)37-27-19-36-15-8-4-5-11-24-18-35(24,31(44)39-51(47,48)26-12-13-26)38-29(42)28-17-25(21-41(28)30(27)43)49-33(46)40-16-14-22-9-6-7-10-23(22)20-40/h5-7,9-11,24-28,36H,4,8,12-21H2,1-3H3,(H,37,45)(H,38,42)(H,39,44)/t24-,25-,27+,28+,35-/m1/s1. The maximum absolute atomic E-state index is 14.3. The summed E-state index contributed by atoms with van der Waals surface area (Å²) in [5, 5.41) is 8.01. The number of benzene rings is 1. The Morgan fingerprint density at radius 3 is 2.55 bits per heavy atom. The minimum Gasteiger partial charge on any atom is -0.444 e. The number of nitrogens with zero attached hydrogens (tertiary/aromatic N) is 2. The van der Waals surface area contributed by atoms with Gasteiger partial charge in [0.1, 0.15) is 29.3 Å². The topological polar surface area (TPSA) is 193 Å². The normalized spacial score (nSPS) is 28.5. The van der Waals surface area contributed by atoms with Crippen LogP contribution in [0.15, 0.2) is 36.4 Å². The zero-order valence-corrected chi connectivity index (χ0v) is 30.1. The van der Waals surface area contributed by atoms with E-state index < -0.39 is 80.4 Å². The fraction of sp³-hybridized carbons (Fsp3) is 0.629. The zero-order chi connectivity index (χ0) is 36.6. The first kappa shape index (κ1) is 36.6. The molecule has 1 saturated heterocycles. The van der Waals surface area contributed by atoms with Crippen LogP contribution in [-0.2, 0) is 46.8 Å². The molecule has 1 aromatic carbocycles. The summed E-state index contributed by atoms with van der Waals surface area (Å²) >= 11 is 0. The molecular weight excluding hydrogens is 680 g/mol. The summed E-state index contributed by atoms with van der Waals surface area (Å²) in [5.74, 6) is -2.58. The molecule has 1 aromatic rings. The van der Waals surface area contributed by atoms with Crippen LogP contribution in [0.4, 0.5) is 9.59 Å². The molecule has 3 aliphatic heterocycles. The minimum absolute atomic E-state index is 0.0399. The van der Waals surface area contributed by atoms with Crippen LogP contribution in [0, 0.1) is 5.92 Å². The third-order valence-corrected chi connectivity index (χ3v) is 11.7. The SMILES string of the molecule is CC(C)(C)OC(=O)N[C@H]1CNCCCC=C[C@@H]2C[C@@]2(C(=O)NS(=O)(=O)C2CC2)NC(=O)[C@@H]2C[C@@H](OC(=O)N3CCc4ccccc4C3)CN2C1=O. The molecule has 0 bridgehead atoms. The van der Waals surface area contributed by atoms with Crippen LogP contribution in [0.1, 0.15) is 70.4 Å². The van der Waals surface area contributed by atoms with Crippen LogP contribution in [0.2, 0.25) is 0 Å². The lowest BCUT2D eigenvalue weighted by atomic mass is 10.0. The van der Waals surface area contributed by atoms with Gasteiger partial charge in [0.15, 0.2) is 0 Å². The van der Waals surface area contributed by atoms with E-state index in [4.69, 9.17) is 9.47 Å². The fourth-order valence-electron chi connectivity index (χ4n) is 6.91. The summed E-state index contributed by atoms with van der Waals surface area (Å²) in [6.45, 7) is 6.30. The van der Waals surface area contributed by atoms with E-state index in [0.717, 1.165) is 11.1 Å². The highest BCUT2D eigenvalue weighted by molar-refractivity contribution is 7.91. The minimum atomic E-state index is -3.90. The molecule has 16 heteroatoms. The molecule has 51 heavy (non-hydrogen) atoms. The summed E-state index contributed by atoms with van der Waals surface area (Å²) in [6.07, 6.45) is 4.41. The van der Waals surface area contributed by atoms with Gasteiger partial charge in [-0.2, -0.15) is 0 Å². The highest BCUT2D eigenvalue weighted by Crippen LogP contribution is 2.46. The number of sulfonamides is 1. The molecule has 0 spiro atoms. The Morgan fingerprint density at radius 1 is 1.08 bits per heavy atom. The second kappa shape index (κ2) is 14.4. The van der Waals surface area contributed by atoms with E-state index >= 15 is 0 Å². The molecule has 2 aliphatic carbocycles. The number of amides is 5. The molecule has 3 fully saturated rings. The first-order valence-electron chi connectivity index (χ1n) is 17.7. The van der Waals surface area contributed by atoms with Crippen molar-refractivity contribution in [3.05, 3.63) is 47.5 Å². The zero-order valence-electron chi connectivity index (χ0n) is 29.3. The fourth-order valence-corrected chi connectivity index (χ4v) is 8.28. The number of carbonyl (C=O) groups excluding carboxylic acids is 5. The van der Waals surface area contributed by atoms with Gasteiger partial charge in [0.05, 0.1) is 11.8 Å². The van der Waals surface area contributed by atoms with Crippen molar-refractivity contribution in [2.45, 2.75) is 107 Å². The summed E-state index contributed by atoms with van der Waals surface area (Å²) < 4.78 is 39.0. The smallest absolute Gasteiger partial charge is 0.410 e. The van der Waals surface area contributed by atoms with Crippen LogP contribution in [0.25, 0.3) is 0 Å². The second-order valence-corrected chi connectivity index (χ2v) is 17.1. The molecule has 0 unspecified atom stereocenters. The van der Waals surface area contributed by atoms with Crippen LogP contribution in [0.5, 0.6) is 0 Å². The van der Waals surface area contributed by atoms with E-state index in [9.17, 15) is 32.4 Å². The Hall–Kier alpha value is -4.18. The van der Waals surface area contributed by atoms with Gasteiger partial charge in [-0.05, 0) is 77.0 Å². The van der Waals surface area contributed by atoms with Crippen molar-refractivity contribution in [3.63, 3.8) is 0 Å². The van der Waals surface area contributed by atoms with E-state index in [1.54, 1.807) is 25.7 Å². The van der Waals surface area contributed by atoms with Crippen LogP contribution < -0.4 is 20.7 Å². The van der Waals surface area contributed by atoms with Crippen LogP contribution in [-0.4, -0.2) is 109 Å². The predicted octanol–water partition coefficient (Wildman–Crippen LogP) is 1.47. The molecule has 5 aliphatic rings. The number of hydrogen-bond donors (Lipinski definition) is 4. The van der Waals surface area contributed by atoms with E-state index in [1.165, 1.54) is 4.90 Å². The number of hydrogen-bond acceptors (Lipinski definition) is 10. The first-order chi connectivity index (χ1) is 24.1. The lowest BCUT2D eigenvalue weighted by Crippen LogP contribution is -2.59. The molecule has 6 rings (SSSR count). The van der Waals surface area contributed by atoms with Crippen LogP contribution in [0.3, 0.4) is 0 Å². The number of alkyl carbamates (subject to hydrolysis) is 1. The molecule has 2 saturated carbocycles.